The minimum absolute atomic E-state index is 0.0851. The molecule has 0 fully saturated rings. The summed E-state index contributed by atoms with van der Waals surface area (Å²) in [7, 11) is 0. The summed E-state index contributed by atoms with van der Waals surface area (Å²) in [6, 6.07) is 1.88. The lowest BCUT2D eigenvalue weighted by molar-refractivity contribution is 0.282. The lowest BCUT2D eigenvalue weighted by Crippen LogP contribution is -2.26. The van der Waals surface area contributed by atoms with E-state index < -0.39 is 0 Å². The molecule has 3 nitrogen and oxygen atoms in total. The fourth-order valence-electron chi connectivity index (χ4n) is 1.73. The zero-order valence-corrected chi connectivity index (χ0v) is 9.61. The van der Waals surface area contributed by atoms with Crippen LogP contribution in [0.5, 0.6) is 0 Å². The van der Waals surface area contributed by atoms with E-state index in [9.17, 15) is 5.11 Å². The van der Waals surface area contributed by atoms with Crippen LogP contribution in [0.1, 0.15) is 32.3 Å². The lowest BCUT2D eigenvalue weighted by Gasteiger charge is -2.25. The minimum atomic E-state index is 0.0851. The van der Waals surface area contributed by atoms with Gasteiger partial charge in [-0.2, -0.15) is 0 Å². The van der Waals surface area contributed by atoms with E-state index >= 15 is 0 Å². The van der Waals surface area contributed by atoms with Gasteiger partial charge in [-0.05, 0) is 18.9 Å². The van der Waals surface area contributed by atoms with Crippen molar-refractivity contribution in [2.45, 2.75) is 33.3 Å². The number of pyridine rings is 1. The quantitative estimate of drug-likeness (QED) is 0.778. The fourth-order valence-corrected chi connectivity index (χ4v) is 1.73. The summed E-state index contributed by atoms with van der Waals surface area (Å²) in [6.07, 6.45) is 5.79. The summed E-state index contributed by atoms with van der Waals surface area (Å²) in [5, 5.41) is 9.25. The molecule has 0 spiro atoms. The van der Waals surface area contributed by atoms with Crippen LogP contribution in [0, 0.1) is 0 Å². The Kier molecular flexibility index (Phi) is 5.12. The molecular formula is C12H20N2O. The highest BCUT2D eigenvalue weighted by Crippen LogP contribution is 2.19. The van der Waals surface area contributed by atoms with E-state index in [0.29, 0.717) is 0 Å². The van der Waals surface area contributed by atoms with Crippen LogP contribution in [-0.2, 0) is 6.61 Å². The van der Waals surface area contributed by atoms with E-state index in [1.165, 1.54) is 0 Å². The molecule has 0 bridgehead atoms. The minimum Gasteiger partial charge on any atom is -0.392 e. The van der Waals surface area contributed by atoms with Gasteiger partial charge in [0.2, 0.25) is 0 Å². The van der Waals surface area contributed by atoms with Gasteiger partial charge in [-0.3, -0.25) is 4.98 Å². The second-order valence-electron chi connectivity index (χ2n) is 3.65. The summed E-state index contributed by atoms with van der Waals surface area (Å²) < 4.78 is 0. The van der Waals surface area contributed by atoms with Crippen LogP contribution in [-0.4, -0.2) is 23.2 Å². The van der Waals surface area contributed by atoms with Crippen molar-refractivity contribution >= 4 is 5.69 Å². The summed E-state index contributed by atoms with van der Waals surface area (Å²) >= 11 is 0. The summed E-state index contributed by atoms with van der Waals surface area (Å²) in [5.74, 6) is 0. The van der Waals surface area contributed by atoms with Crippen molar-refractivity contribution in [3.8, 4) is 0 Å². The smallest absolute Gasteiger partial charge is 0.0703 e. The predicted molar refractivity (Wildman–Crippen MR) is 63.0 cm³/mol. The largest absolute Gasteiger partial charge is 0.392 e. The van der Waals surface area contributed by atoms with Gasteiger partial charge in [0.25, 0.3) is 0 Å². The average molecular weight is 208 g/mol. The Labute approximate surface area is 91.8 Å². The SMILES string of the molecule is CCCN(CCC)c1cnccc1CO. The molecule has 0 saturated heterocycles. The summed E-state index contributed by atoms with van der Waals surface area (Å²) in [6.45, 7) is 6.45. The summed E-state index contributed by atoms with van der Waals surface area (Å²) in [5.41, 5.74) is 2.04. The average Bonchev–Trinajstić information content (AvgIpc) is 2.29. The Morgan fingerprint density at radius 1 is 1.27 bits per heavy atom. The molecule has 0 saturated carbocycles. The van der Waals surface area contributed by atoms with Crippen molar-refractivity contribution in [1.29, 1.82) is 0 Å². The molecule has 0 unspecified atom stereocenters. The standard InChI is InChI=1S/C12H20N2O/c1-3-7-14(8-4-2)12-9-13-6-5-11(12)10-15/h5-6,9,15H,3-4,7-8,10H2,1-2H3. The highest BCUT2D eigenvalue weighted by molar-refractivity contribution is 5.51. The van der Waals surface area contributed by atoms with Crippen molar-refractivity contribution in [1.82, 2.24) is 4.98 Å². The van der Waals surface area contributed by atoms with E-state index in [-0.39, 0.29) is 6.61 Å². The first-order chi connectivity index (χ1) is 7.33. The molecule has 15 heavy (non-hydrogen) atoms. The Morgan fingerprint density at radius 2 is 1.93 bits per heavy atom. The number of rotatable bonds is 6. The predicted octanol–water partition coefficient (Wildman–Crippen LogP) is 2.20. The maximum atomic E-state index is 9.25. The molecule has 0 aromatic carbocycles. The molecular weight excluding hydrogens is 188 g/mol. The van der Waals surface area contributed by atoms with Gasteiger partial charge in [-0.15, -0.1) is 0 Å². The van der Waals surface area contributed by atoms with E-state index in [4.69, 9.17) is 0 Å². The number of hydrogen-bond donors (Lipinski definition) is 1. The topological polar surface area (TPSA) is 36.4 Å². The van der Waals surface area contributed by atoms with E-state index in [2.05, 4.69) is 23.7 Å². The first-order valence-corrected chi connectivity index (χ1v) is 5.62. The van der Waals surface area contributed by atoms with Gasteiger partial charge in [0.1, 0.15) is 0 Å². The van der Waals surface area contributed by atoms with Crippen LogP contribution < -0.4 is 4.90 Å². The number of aliphatic hydroxyl groups is 1. The van der Waals surface area contributed by atoms with Crippen LogP contribution in [0.25, 0.3) is 0 Å². The molecule has 84 valence electrons. The Morgan fingerprint density at radius 3 is 2.47 bits per heavy atom. The monoisotopic (exact) mass is 208 g/mol. The molecule has 0 aliphatic carbocycles. The van der Waals surface area contributed by atoms with Crippen LogP contribution in [0.3, 0.4) is 0 Å². The first-order valence-electron chi connectivity index (χ1n) is 5.62. The highest BCUT2D eigenvalue weighted by Gasteiger charge is 2.08. The van der Waals surface area contributed by atoms with Crippen molar-refractivity contribution in [3.05, 3.63) is 24.0 Å². The zero-order chi connectivity index (χ0) is 11.1. The normalized spacial score (nSPS) is 10.3. The second-order valence-corrected chi connectivity index (χ2v) is 3.65. The van der Waals surface area contributed by atoms with E-state index in [1.807, 2.05) is 12.3 Å². The first kappa shape index (κ1) is 12.0. The number of anilines is 1. The van der Waals surface area contributed by atoms with Crippen LogP contribution in [0.2, 0.25) is 0 Å². The Bertz CT molecular complexity index is 283. The van der Waals surface area contributed by atoms with E-state index in [0.717, 1.165) is 37.2 Å². The zero-order valence-electron chi connectivity index (χ0n) is 9.61. The van der Waals surface area contributed by atoms with Crippen molar-refractivity contribution < 1.29 is 5.11 Å². The molecule has 1 rings (SSSR count). The molecule has 1 heterocycles. The van der Waals surface area contributed by atoms with Crippen LogP contribution in [0.4, 0.5) is 5.69 Å². The Balaban J connectivity index is 2.88. The maximum Gasteiger partial charge on any atom is 0.0703 e. The van der Waals surface area contributed by atoms with Gasteiger partial charge in [0.15, 0.2) is 0 Å². The van der Waals surface area contributed by atoms with Gasteiger partial charge in [-0.1, -0.05) is 13.8 Å². The Hall–Kier alpha value is -1.09. The van der Waals surface area contributed by atoms with Gasteiger partial charge < -0.3 is 10.0 Å². The highest BCUT2D eigenvalue weighted by atomic mass is 16.3. The molecule has 0 aliphatic heterocycles. The van der Waals surface area contributed by atoms with E-state index in [1.54, 1.807) is 6.20 Å². The molecule has 0 radical (unpaired) electrons. The lowest BCUT2D eigenvalue weighted by atomic mass is 10.2. The van der Waals surface area contributed by atoms with Crippen molar-refractivity contribution in [2.24, 2.45) is 0 Å². The number of nitrogens with zero attached hydrogens (tertiary/aromatic N) is 2. The number of aliphatic hydroxyl groups excluding tert-OH is 1. The third-order valence-electron chi connectivity index (χ3n) is 2.39. The maximum absolute atomic E-state index is 9.25. The third-order valence-corrected chi connectivity index (χ3v) is 2.39. The van der Waals surface area contributed by atoms with Gasteiger partial charge in [0.05, 0.1) is 18.5 Å². The van der Waals surface area contributed by atoms with Crippen molar-refractivity contribution in [3.63, 3.8) is 0 Å². The van der Waals surface area contributed by atoms with Gasteiger partial charge in [-0.25, -0.2) is 0 Å². The molecule has 0 aliphatic rings. The molecule has 1 aromatic rings. The second kappa shape index (κ2) is 6.40. The van der Waals surface area contributed by atoms with Crippen LogP contribution in [0.15, 0.2) is 18.5 Å². The molecule has 1 N–H and O–H groups in total. The van der Waals surface area contributed by atoms with Crippen LogP contribution >= 0.6 is 0 Å². The fraction of sp³-hybridized carbons (Fsp3) is 0.583. The summed E-state index contributed by atoms with van der Waals surface area (Å²) in [4.78, 5) is 6.42. The molecule has 0 amide bonds. The third kappa shape index (κ3) is 3.20. The number of hydrogen-bond acceptors (Lipinski definition) is 3. The van der Waals surface area contributed by atoms with Gasteiger partial charge >= 0.3 is 0 Å². The van der Waals surface area contributed by atoms with Crippen molar-refractivity contribution in [2.75, 3.05) is 18.0 Å². The number of aromatic nitrogens is 1. The molecule has 0 atom stereocenters. The molecule has 3 heteroatoms. The van der Waals surface area contributed by atoms with Gasteiger partial charge in [0, 0.05) is 24.8 Å². The molecule has 1 aromatic heterocycles.